The van der Waals surface area contributed by atoms with Gasteiger partial charge in [0.15, 0.2) is 5.96 Å². The van der Waals surface area contributed by atoms with E-state index in [2.05, 4.69) is 42.8 Å². The third-order valence-corrected chi connectivity index (χ3v) is 6.86. The number of primary amides is 1. The molecule has 0 aromatic rings. The standard InChI is InChI=1S/C19H37N5O2/c1-8-21-16(22-14-13-19(6,26-7)17(14,2)3)23-9-11-24(12-10-23)18(4,5)15(20)25/h14H,8-13H2,1-7H3,(H2,20,25)(H,21,22). The topological polar surface area (TPSA) is 83.2 Å². The summed E-state index contributed by atoms with van der Waals surface area (Å²) in [6.45, 7) is 16.5. The average Bonchev–Trinajstić information content (AvgIpc) is 2.60. The van der Waals surface area contributed by atoms with Gasteiger partial charge < -0.3 is 20.7 Å². The van der Waals surface area contributed by atoms with Crippen LogP contribution in [0, 0.1) is 5.41 Å². The van der Waals surface area contributed by atoms with Gasteiger partial charge in [0.2, 0.25) is 5.91 Å². The first-order valence-electron chi connectivity index (χ1n) is 9.65. The van der Waals surface area contributed by atoms with Crippen LogP contribution in [-0.4, -0.2) is 78.7 Å². The number of amides is 1. The fraction of sp³-hybridized carbons (Fsp3) is 0.895. The molecule has 0 aromatic carbocycles. The molecule has 2 fully saturated rings. The predicted molar refractivity (Wildman–Crippen MR) is 105 cm³/mol. The lowest BCUT2D eigenvalue weighted by molar-refractivity contribution is -0.177. The van der Waals surface area contributed by atoms with Gasteiger partial charge in [0.25, 0.3) is 0 Å². The SMILES string of the molecule is CCN=C(NC1CC(C)(OC)C1(C)C)N1CCN(C(C)(C)C(N)=O)CC1. The van der Waals surface area contributed by atoms with E-state index in [4.69, 9.17) is 15.5 Å². The first-order valence-corrected chi connectivity index (χ1v) is 9.65. The number of carbonyl (C=O) groups excluding carboxylic acids is 1. The second-order valence-electron chi connectivity index (χ2n) is 8.75. The molecule has 1 amide bonds. The molecule has 2 atom stereocenters. The third-order valence-electron chi connectivity index (χ3n) is 6.86. The van der Waals surface area contributed by atoms with Crippen molar-refractivity contribution >= 4 is 11.9 Å². The number of piperazine rings is 1. The molecule has 7 heteroatoms. The van der Waals surface area contributed by atoms with Crippen LogP contribution in [0.1, 0.15) is 48.0 Å². The Labute approximate surface area is 158 Å². The Bertz CT molecular complexity index is 552. The Morgan fingerprint density at radius 3 is 2.27 bits per heavy atom. The van der Waals surface area contributed by atoms with Crippen LogP contribution in [0.15, 0.2) is 4.99 Å². The molecule has 1 heterocycles. The Kier molecular flexibility index (Phi) is 5.93. The number of rotatable bonds is 5. The maximum atomic E-state index is 11.7. The summed E-state index contributed by atoms with van der Waals surface area (Å²) in [6.07, 6.45) is 0.966. The molecule has 1 aliphatic carbocycles. The molecule has 1 aliphatic heterocycles. The maximum Gasteiger partial charge on any atom is 0.237 e. The van der Waals surface area contributed by atoms with Gasteiger partial charge >= 0.3 is 0 Å². The Morgan fingerprint density at radius 2 is 1.85 bits per heavy atom. The zero-order chi connectivity index (χ0) is 19.8. The highest BCUT2D eigenvalue weighted by Gasteiger charge is 2.58. The van der Waals surface area contributed by atoms with Gasteiger partial charge in [-0.2, -0.15) is 0 Å². The van der Waals surface area contributed by atoms with Crippen LogP contribution in [-0.2, 0) is 9.53 Å². The van der Waals surface area contributed by atoms with Crippen molar-refractivity contribution in [2.75, 3.05) is 39.8 Å². The van der Waals surface area contributed by atoms with Crippen molar-refractivity contribution in [2.24, 2.45) is 16.1 Å². The van der Waals surface area contributed by atoms with Crippen LogP contribution in [0.3, 0.4) is 0 Å². The summed E-state index contributed by atoms with van der Waals surface area (Å²) >= 11 is 0. The van der Waals surface area contributed by atoms with Gasteiger partial charge in [-0.15, -0.1) is 0 Å². The van der Waals surface area contributed by atoms with Crippen molar-refractivity contribution in [2.45, 2.75) is 65.1 Å². The number of guanidine groups is 1. The molecule has 26 heavy (non-hydrogen) atoms. The molecule has 0 aromatic heterocycles. The summed E-state index contributed by atoms with van der Waals surface area (Å²) in [5.74, 6) is 0.682. The predicted octanol–water partition coefficient (Wildman–Crippen LogP) is 1.04. The lowest BCUT2D eigenvalue weighted by Crippen LogP contribution is -2.70. The third kappa shape index (κ3) is 3.56. The van der Waals surface area contributed by atoms with Gasteiger partial charge in [0, 0.05) is 51.3 Å². The van der Waals surface area contributed by atoms with E-state index in [1.807, 2.05) is 13.8 Å². The van der Waals surface area contributed by atoms with Crippen LogP contribution in [0.25, 0.3) is 0 Å². The number of nitrogens with zero attached hydrogens (tertiary/aromatic N) is 3. The normalized spacial score (nSPS) is 30.0. The highest BCUT2D eigenvalue weighted by Crippen LogP contribution is 2.51. The van der Waals surface area contributed by atoms with E-state index < -0.39 is 5.54 Å². The molecule has 3 N–H and O–H groups in total. The lowest BCUT2D eigenvalue weighted by atomic mass is 9.56. The molecular weight excluding hydrogens is 330 g/mol. The largest absolute Gasteiger partial charge is 0.378 e. The minimum Gasteiger partial charge on any atom is -0.378 e. The van der Waals surface area contributed by atoms with E-state index in [1.165, 1.54) is 0 Å². The van der Waals surface area contributed by atoms with Gasteiger partial charge in [0.05, 0.1) is 11.1 Å². The highest BCUT2D eigenvalue weighted by atomic mass is 16.5. The zero-order valence-electron chi connectivity index (χ0n) is 17.6. The summed E-state index contributed by atoms with van der Waals surface area (Å²) in [5, 5.41) is 3.67. The van der Waals surface area contributed by atoms with E-state index in [0.717, 1.165) is 45.1 Å². The van der Waals surface area contributed by atoms with Crippen molar-refractivity contribution < 1.29 is 9.53 Å². The minimum absolute atomic E-state index is 0.0338. The second-order valence-corrected chi connectivity index (χ2v) is 8.75. The molecule has 0 spiro atoms. The number of carbonyl (C=O) groups is 1. The molecular formula is C19H37N5O2. The summed E-state index contributed by atoms with van der Waals surface area (Å²) in [6, 6.07) is 0.331. The summed E-state index contributed by atoms with van der Waals surface area (Å²) in [4.78, 5) is 20.9. The highest BCUT2D eigenvalue weighted by molar-refractivity contribution is 5.84. The number of ether oxygens (including phenoxy) is 1. The molecule has 2 unspecified atom stereocenters. The number of hydrogen-bond donors (Lipinski definition) is 2. The van der Waals surface area contributed by atoms with Gasteiger partial charge in [0.1, 0.15) is 0 Å². The number of hydrogen-bond acceptors (Lipinski definition) is 4. The number of methoxy groups -OCH3 is 1. The van der Waals surface area contributed by atoms with Crippen molar-refractivity contribution in [1.82, 2.24) is 15.1 Å². The number of aliphatic imine (C=N–C) groups is 1. The van der Waals surface area contributed by atoms with Crippen molar-refractivity contribution in [1.29, 1.82) is 0 Å². The molecule has 1 saturated heterocycles. The monoisotopic (exact) mass is 367 g/mol. The zero-order valence-corrected chi connectivity index (χ0v) is 17.6. The minimum atomic E-state index is -0.613. The first-order chi connectivity index (χ1) is 12.0. The second kappa shape index (κ2) is 7.35. The molecule has 0 radical (unpaired) electrons. The summed E-state index contributed by atoms with van der Waals surface area (Å²) < 4.78 is 5.74. The summed E-state index contributed by atoms with van der Waals surface area (Å²) in [5.41, 5.74) is 4.88. The van der Waals surface area contributed by atoms with Crippen molar-refractivity contribution in [3.05, 3.63) is 0 Å². The molecule has 150 valence electrons. The van der Waals surface area contributed by atoms with Crippen LogP contribution in [0.2, 0.25) is 0 Å². The number of nitrogens with one attached hydrogen (secondary N) is 1. The van der Waals surface area contributed by atoms with Gasteiger partial charge in [-0.1, -0.05) is 13.8 Å². The fourth-order valence-electron chi connectivity index (χ4n) is 3.90. The van der Waals surface area contributed by atoms with Gasteiger partial charge in [-0.05, 0) is 34.1 Å². The van der Waals surface area contributed by atoms with E-state index >= 15 is 0 Å². The first kappa shape index (κ1) is 21.0. The van der Waals surface area contributed by atoms with E-state index in [9.17, 15) is 4.79 Å². The smallest absolute Gasteiger partial charge is 0.237 e. The van der Waals surface area contributed by atoms with Crippen molar-refractivity contribution in [3.8, 4) is 0 Å². The van der Waals surface area contributed by atoms with Gasteiger partial charge in [-0.25, -0.2) is 0 Å². The molecule has 0 bridgehead atoms. The van der Waals surface area contributed by atoms with Crippen LogP contribution in [0.5, 0.6) is 0 Å². The molecule has 2 rings (SSSR count). The van der Waals surface area contributed by atoms with Crippen molar-refractivity contribution in [3.63, 3.8) is 0 Å². The molecule has 7 nitrogen and oxygen atoms in total. The van der Waals surface area contributed by atoms with Crippen LogP contribution < -0.4 is 11.1 Å². The quantitative estimate of drug-likeness (QED) is 0.560. The van der Waals surface area contributed by atoms with Gasteiger partial charge in [-0.3, -0.25) is 14.7 Å². The van der Waals surface area contributed by atoms with E-state index in [0.29, 0.717) is 6.04 Å². The molecule has 2 aliphatic rings. The lowest BCUT2D eigenvalue weighted by Gasteiger charge is -2.59. The Balaban J connectivity index is 2.01. The van der Waals surface area contributed by atoms with Crippen LogP contribution >= 0.6 is 0 Å². The van der Waals surface area contributed by atoms with Crippen LogP contribution in [0.4, 0.5) is 0 Å². The fourth-order valence-corrected chi connectivity index (χ4v) is 3.90. The maximum absolute atomic E-state index is 11.7. The van der Waals surface area contributed by atoms with E-state index in [1.54, 1.807) is 7.11 Å². The number of nitrogens with two attached hydrogens (primary N) is 1. The average molecular weight is 368 g/mol. The van der Waals surface area contributed by atoms with E-state index in [-0.39, 0.29) is 16.9 Å². The Morgan fingerprint density at radius 1 is 1.27 bits per heavy atom. The molecule has 1 saturated carbocycles. The summed E-state index contributed by atoms with van der Waals surface area (Å²) in [7, 11) is 1.79. The Hall–Kier alpha value is -1.34.